The molecule has 5 rings (SSSR count). The van der Waals surface area contributed by atoms with Gasteiger partial charge in [-0.3, -0.25) is 9.78 Å². The molecule has 0 atom stereocenters. The predicted molar refractivity (Wildman–Crippen MR) is 109 cm³/mol. The van der Waals surface area contributed by atoms with E-state index in [0.717, 1.165) is 27.5 Å². The maximum atomic E-state index is 12.5. The standard InChI is InChI=1S/C23H17N3O/c1-14-6-5-7-15(2)21(14)19-12-16-10-11-26-20-9-4-3-8-17(20)23(27)25-22(26)18(16)13-24-19/h3-13H,1-2H3. The maximum absolute atomic E-state index is 12.5. The van der Waals surface area contributed by atoms with Crippen molar-refractivity contribution in [2.75, 3.05) is 0 Å². The minimum Gasteiger partial charge on any atom is -0.300 e. The third-order valence-electron chi connectivity index (χ3n) is 5.15. The molecule has 0 unspecified atom stereocenters. The van der Waals surface area contributed by atoms with Crippen LogP contribution >= 0.6 is 0 Å². The number of nitrogens with zero attached hydrogens (tertiary/aromatic N) is 3. The number of aryl methyl sites for hydroxylation is 2. The lowest BCUT2D eigenvalue weighted by Crippen LogP contribution is -2.10. The number of hydrogen-bond donors (Lipinski definition) is 0. The van der Waals surface area contributed by atoms with Crippen molar-refractivity contribution in [1.82, 2.24) is 14.4 Å². The van der Waals surface area contributed by atoms with E-state index in [4.69, 9.17) is 4.98 Å². The highest BCUT2D eigenvalue weighted by atomic mass is 16.1. The van der Waals surface area contributed by atoms with E-state index in [0.29, 0.717) is 11.0 Å². The molecular formula is C23H17N3O. The number of hydrogen-bond acceptors (Lipinski definition) is 3. The Morgan fingerprint density at radius 3 is 2.48 bits per heavy atom. The van der Waals surface area contributed by atoms with E-state index in [9.17, 15) is 4.79 Å². The van der Waals surface area contributed by atoms with Crippen molar-refractivity contribution in [1.29, 1.82) is 0 Å². The lowest BCUT2D eigenvalue weighted by atomic mass is 9.98. The van der Waals surface area contributed by atoms with Crippen LogP contribution in [-0.4, -0.2) is 14.4 Å². The summed E-state index contributed by atoms with van der Waals surface area (Å²) in [6.07, 6.45) is 3.80. The van der Waals surface area contributed by atoms with E-state index < -0.39 is 0 Å². The summed E-state index contributed by atoms with van der Waals surface area (Å²) < 4.78 is 1.96. The van der Waals surface area contributed by atoms with Crippen molar-refractivity contribution in [3.63, 3.8) is 0 Å². The summed E-state index contributed by atoms with van der Waals surface area (Å²) in [4.78, 5) is 21.5. The Hall–Kier alpha value is -3.53. The smallest absolute Gasteiger partial charge is 0.281 e. The van der Waals surface area contributed by atoms with Gasteiger partial charge in [0.1, 0.15) is 0 Å². The van der Waals surface area contributed by atoms with Crippen LogP contribution in [0.1, 0.15) is 11.1 Å². The summed E-state index contributed by atoms with van der Waals surface area (Å²) in [5, 5.41) is 2.51. The molecule has 5 aromatic rings. The van der Waals surface area contributed by atoms with Crippen molar-refractivity contribution in [2.24, 2.45) is 0 Å². The quantitative estimate of drug-likeness (QED) is 0.412. The molecular weight excluding hydrogens is 334 g/mol. The van der Waals surface area contributed by atoms with Gasteiger partial charge in [0.25, 0.3) is 5.56 Å². The van der Waals surface area contributed by atoms with E-state index in [2.05, 4.69) is 49.2 Å². The minimum absolute atomic E-state index is 0.211. The van der Waals surface area contributed by atoms with Gasteiger partial charge in [0, 0.05) is 23.3 Å². The molecule has 0 bridgehead atoms. The molecule has 0 N–H and O–H groups in total. The summed E-state index contributed by atoms with van der Waals surface area (Å²) in [5.41, 5.74) is 5.77. The first-order valence-corrected chi connectivity index (χ1v) is 8.90. The fourth-order valence-electron chi connectivity index (χ4n) is 3.84. The Morgan fingerprint density at radius 2 is 1.67 bits per heavy atom. The Bertz CT molecular complexity index is 1400. The van der Waals surface area contributed by atoms with Gasteiger partial charge < -0.3 is 4.40 Å². The first-order valence-electron chi connectivity index (χ1n) is 8.90. The molecule has 0 spiro atoms. The monoisotopic (exact) mass is 351 g/mol. The van der Waals surface area contributed by atoms with E-state index in [-0.39, 0.29) is 5.56 Å². The van der Waals surface area contributed by atoms with Crippen molar-refractivity contribution >= 4 is 27.3 Å². The molecule has 0 aliphatic heterocycles. The fourth-order valence-corrected chi connectivity index (χ4v) is 3.84. The van der Waals surface area contributed by atoms with Crippen molar-refractivity contribution in [2.45, 2.75) is 13.8 Å². The molecule has 0 aliphatic rings. The molecule has 27 heavy (non-hydrogen) atoms. The van der Waals surface area contributed by atoms with Gasteiger partial charge in [-0.25, -0.2) is 0 Å². The Balaban J connectivity index is 1.84. The summed E-state index contributed by atoms with van der Waals surface area (Å²) in [6, 6.07) is 17.9. The van der Waals surface area contributed by atoms with Crippen LogP contribution in [0.15, 0.2) is 71.8 Å². The van der Waals surface area contributed by atoms with Crippen molar-refractivity contribution in [3.05, 3.63) is 88.5 Å². The van der Waals surface area contributed by atoms with Crippen molar-refractivity contribution < 1.29 is 0 Å². The molecule has 130 valence electrons. The summed E-state index contributed by atoms with van der Waals surface area (Å²) in [5.74, 6) is 0. The van der Waals surface area contributed by atoms with Crippen LogP contribution < -0.4 is 5.56 Å². The highest BCUT2D eigenvalue weighted by Crippen LogP contribution is 2.29. The number of rotatable bonds is 1. The van der Waals surface area contributed by atoms with E-state index >= 15 is 0 Å². The van der Waals surface area contributed by atoms with E-state index in [1.807, 2.05) is 41.1 Å². The van der Waals surface area contributed by atoms with Gasteiger partial charge in [0.05, 0.1) is 16.6 Å². The molecule has 0 saturated carbocycles. The summed E-state index contributed by atoms with van der Waals surface area (Å²) in [6.45, 7) is 4.20. The van der Waals surface area contributed by atoms with E-state index in [1.54, 1.807) is 0 Å². The normalized spacial score (nSPS) is 11.5. The number of benzene rings is 2. The lowest BCUT2D eigenvalue weighted by molar-refractivity contribution is 1.15. The molecule has 3 aromatic heterocycles. The van der Waals surface area contributed by atoms with Crippen LogP contribution in [0.25, 0.3) is 38.6 Å². The average Bonchev–Trinajstić information content (AvgIpc) is 2.68. The minimum atomic E-state index is -0.211. The highest BCUT2D eigenvalue weighted by molar-refractivity contribution is 5.97. The van der Waals surface area contributed by atoms with Crippen LogP contribution in [0.4, 0.5) is 0 Å². The molecule has 0 radical (unpaired) electrons. The SMILES string of the molecule is Cc1cccc(C)c1-c1cc2ccn3c4ccccc4c(=O)nc3c2cn1. The summed E-state index contributed by atoms with van der Waals surface area (Å²) in [7, 11) is 0. The second-order valence-corrected chi connectivity index (χ2v) is 6.87. The fraction of sp³-hybridized carbons (Fsp3) is 0.0870. The Morgan fingerprint density at radius 1 is 0.889 bits per heavy atom. The second-order valence-electron chi connectivity index (χ2n) is 6.87. The number of aromatic nitrogens is 3. The van der Waals surface area contributed by atoms with Crippen LogP contribution in [0.5, 0.6) is 0 Å². The van der Waals surface area contributed by atoms with E-state index in [1.165, 1.54) is 11.1 Å². The van der Waals surface area contributed by atoms with Gasteiger partial charge >= 0.3 is 0 Å². The summed E-state index contributed by atoms with van der Waals surface area (Å²) >= 11 is 0. The zero-order valence-electron chi connectivity index (χ0n) is 15.1. The van der Waals surface area contributed by atoms with Gasteiger partial charge in [0.2, 0.25) is 0 Å². The van der Waals surface area contributed by atoms with Crippen LogP contribution in [0.3, 0.4) is 0 Å². The van der Waals surface area contributed by atoms with Crippen molar-refractivity contribution in [3.8, 4) is 11.3 Å². The maximum Gasteiger partial charge on any atom is 0.281 e. The number of fused-ring (bicyclic) bond motifs is 5. The zero-order chi connectivity index (χ0) is 18.5. The second kappa shape index (κ2) is 5.74. The third kappa shape index (κ3) is 2.34. The van der Waals surface area contributed by atoms with Gasteiger partial charge in [-0.1, -0.05) is 30.3 Å². The van der Waals surface area contributed by atoms with Crippen LogP contribution in [-0.2, 0) is 0 Å². The highest BCUT2D eigenvalue weighted by Gasteiger charge is 2.11. The van der Waals surface area contributed by atoms with Gasteiger partial charge in [-0.15, -0.1) is 0 Å². The van der Waals surface area contributed by atoms with Gasteiger partial charge in [-0.2, -0.15) is 4.98 Å². The topological polar surface area (TPSA) is 47.3 Å². The first kappa shape index (κ1) is 15.7. The Labute approximate surface area is 155 Å². The molecule has 0 fully saturated rings. The average molecular weight is 351 g/mol. The Kier molecular flexibility index (Phi) is 3.34. The molecule has 2 aromatic carbocycles. The van der Waals surface area contributed by atoms with Gasteiger partial charge in [0.15, 0.2) is 5.65 Å². The molecule has 4 heteroatoms. The lowest BCUT2D eigenvalue weighted by Gasteiger charge is -2.12. The molecule has 0 amide bonds. The zero-order valence-corrected chi connectivity index (χ0v) is 15.1. The molecule has 0 aliphatic carbocycles. The molecule has 4 nitrogen and oxygen atoms in total. The van der Waals surface area contributed by atoms with Crippen LogP contribution in [0, 0.1) is 13.8 Å². The van der Waals surface area contributed by atoms with Crippen LogP contribution in [0.2, 0.25) is 0 Å². The largest absolute Gasteiger partial charge is 0.300 e. The van der Waals surface area contributed by atoms with Gasteiger partial charge in [-0.05, 0) is 54.6 Å². The molecule has 0 saturated heterocycles. The number of para-hydroxylation sites is 1. The predicted octanol–water partition coefficient (Wildman–Crippen LogP) is 4.68. The molecule has 3 heterocycles. The third-order valence-corrected chi connectivity index (χ3v) is 5.15. The first-order chi connectivity index (χ1) is 13.1. The number of pyridine rings is 2.